The first kappa shape index (κ1) is 21.6. The molecular formula is C24H24N4O3. The molecule has 0 bridgehead atoms. The Bertz CT molecular complexity index is 1080. The van der Waals surface area contributed by atoms with Crippen molar-refractivity contribution in [2.45, 2.75) is 6.92 Å². The molecule has 31 heavy (non-hydrogen) atoms. The van der Waals surface area contributed by atoms with Crippen molar-refractivity contribution in [2.24, 2.45) is 0 Å². The molecule has 3 aromatic carbocycles. The molecule has 7 heteroatoms. The van der Waals surface area contributed by atoms with Crippen molar-refractivity contribution in [2.75, 3.05) is 34.4 Å². The van der Waals surface area contributed by atoms with E-state index in [1.54, 1.807) is 60.5 Å². The van der Waals surface area contributed by atoms with E-state index in [2.05, 4.69) is 16.0 Å². The molecule has 3 amide bonds. The molecule has 0 aliphatic rings. The molecule has 0 aliphatic carbocycles. The van der Waals surface area contributed by atoms with Gasteiger partial charge in [0, 0.05) is 42.3 Å². The molecule has 0 aromatic heterocycles. The van der Waals surface area contributed by atoms with E-state index in [4.69, 9.17) is 0 Å². The van der Waals surface area contributed by atoms with Gasteiger partial charge < -0.3 is 20.9 Å². The predicted octanol–water partition coefficient (Wildman–Crippen LogP) is 3.97. The molecule has 0 fully saturated rings. The van der Waals surface area contributed by atoms with Crippen LogP contribution in [0.4, 0.5) is 22.7 Å². The zero-order valence-electron chi connectivity index (χ0n) is 17.4. The van der Waals surface area contributed by atoms with Crippen LogP contribution < -0.4 is 20.9 Å². The Kier molecular flexibility index (Phi) is 7.01. The normalized spacial score (nSPS) is 10.1. The average molecular weight is 416 g/mol. The van der Waals surface area contributed by atoms with Crippen molar-refractivity contribution in [3.8, 4) is 0 Å². The number of anilines is 4. The van der Waals surface area contributed by atoms with Crippen molar-refractivity contribution in [3.05, 3.63) is 84.4 Å². The van der Waals surface area contributed by atoms with Gasteiger partial charge in [0.05, 0.1) is 6.54 Å². The fourth-order valence-corrected chi connectivity index (χ4v) is 2.99. The highest BCUT2D eigenvalue weighted by molar-refractivity contribution is 6.06. The van der Waals surface area contributed by atoms with Crippen LogP contribution in [0.3, 0.4) is 0 Å². The van der Waals surface area contributed by atoms with Gasteiger partial charge in [-0.25, -0.2) is 0 Å². The summed E-state index contributed by atoms with van der Waals surface area (Å²) in [5, 5.41) is 8.50. The first-order valence-electron chi connectivity index (χ1n) is 9.77. The molecule has 0 spiro atoms. The van der Waals surface area contributed by atoms with E-state index >= 15 is 0 Å². The summed E-state index contributed by atoms with van der Waals surface area (Å²) < 4.78 is 0. The number of amides is 3. The lowest BCUT2D eigenvalue weighted by molar-refractivity contribution is -0.115. The summed E-state index contributed by atoms with van der Waals surface area (Å²) in [6.45, 7) is 1.47. The summed E-state index contributed by atoms with van der Waals surface area (Å²) in [6, 6.07) is 23.3. The van der Waals surface area contributed by atoms with Gasteiger partial charge >= 0.3 is 0 Å². The highest BCUT2D eigenvalue weighted by Crippen LogP contribution is 2.18. The molecule has 0 heterocycles. The van der Waals surface area contributed by atoms with Gasteiger partial charge in [-0.1, -0.05) is 30.3 Å². The van der Waals surface area contributed by atoms with E-state index in [0.29, 0.717) is 22.6 Å². The highest BCUT2D eigenvalue weighted by Gasteiger charge is 2.14. The SMILES string of the molecule is CC(=O)Nc1cccc(NCC(=O)Nc2cccc(C(=O)N(C)c3ccccc3)c2)c1. The Morgan fingerprint density at radius 3 is 2.13 bits per heavy atom. The van der Waals surface area contributed by atoms with Gasteiger partial charge in [0.15, 0.2) is 0 Å². The lowest BCUT2D eigenvalue weighted by Crippen LogP contribution is -2.26. The number of hydrogen-bond acceptors (Lipinski definition) is 4. The molecule has 0 aliphatic heterocycles. The van der Waals surface area contributed by atoms with E-state index in [1.807, 2.05) is 30.3 Å². The van der Waals surface area contributed by atoms with Crippen molar-refractivity contribution in [1.29, 1.82) is 0 Å². The van der Waals surface area contributed by atoms with Crippen molar-refractivity contribution in [1.82, 2.24) is 0 Å². The number of rotatable bonds is 7. The van der Waals surface area contributed by atoms with Gasteiger partial charge in [-0.05, 0) is 48.5 Å². The molecule has 0 radical (unpaired) electrons. The van der Waals surface area contributed by atoms with Crippen LogP contribution in [-0.4, -0.2) is 31.3 Å². The van der Waals surface area contributed by atoms with Crippen molar-refractivity contribution >= 4 is 40.5 Å². The van der Waals surface area contributed by atoms with E-state index in [9.17, 15) is 14.4 Å². The van der Waals surface area contributed by atoms with E-state index < -0.39 is 0 Å². The number of nitrogens with zero attached hydrogens (tertiary/aromatic N) is 1. The number of carbonyl (C=O) groups is 3. The highest BCUT2D eigenvalue weighted by atomic mass is 16.2. The Hall–Kier alpha value is -4.13. The van der Waals surface area contributed by atoms with E-state index in [1.165, 1.54) is 6.92 Å². The standard InChI is InChI=1S/C24H24N4O3/c1-17(29)26-21-11-7-9-19(15-21)25-16-23(30)27-20-10-6-8-18(14-20)24(31)28(2)22-12-4-3-5-13-22/h3-15,25H,16H2,1-2H3,(H,26,29)(H,27,30). The lowest BCUT2D eigenvalue weighted by atomic mass is 10.1. The van der Waals surface area contributed by atoms with Crippen molar-refractivity contribution < 1.29 is 14.4 Å². The summed E-state index contributed by atoms with van der Waals surface area (Å²) in [7, 11) is 1.71. The third-order valence-corrected chi connectivity index (χ3v) is 4.48. The summed E-state index contributed by atoms with van der Waals surface area (Å²) in [5.74, 6) is -0.594. The summed E-state index contributed by atoms with van der Waals surface area (Å²) in [4.78, 5) is 37.8. The molecule has 3 rings (SSSR count). The second-order valence-electron chi connectivity index (χ2n) is 6.94. The monoisotopic (exact) mass is 416 g/mol. The third kappa shape index (κ3) is 6.17. The molecule has 3 N–H and O–H groups in total. The number of hydrogen-bond donors (Lipinski definition) is 3. The largest absolute Gasteiger partial charge is 0.376 e. The summed E-state index contributed by atoms with van der Waals surface area (Å²) >= 11 is 0. The second-order valence-corrected chi connectivity index (χ2v) is 6.94. The number of benzene rings is 3. The third-order valence-electron chi connectivity index (χ3n) is 4.48. The van der Waals surface area contributed by atoms with Gasteiger partial charge in [-0.3, -0.25) is 14.4 Å². The average Bonchev–Trinajstić information content (AvgIpc) is 2.77. The maximum absolute atomic E-state index is 12.8. The molecule has 3 aromatic rings. The van der Waals surface area contributed by atoms with E-state index in [-0.39, 0.29) is 24.3 Å². The van der Waals surface area contributed by atoms with Crippen LogP contribution >= 0.6 is 0 Å². The van der Waals surface area contributed by atoms with E-state index in [0.717, 1.165) is 5.69 Å². The fourth-order valence-electron chi connectivity index (χ4n) is 2.99. The Labute approximate surface area is 181 Å². The molecular weight excluding hydrogens is 392 g/mol. The molecule has 0 saturated heterocycles. The molecule has 7 nitrogen and oxygen atoms in total. The number of para-hydroxylation sites is 1. The zero-order valence-corrected chi connectivity index (χ0v) is 17.4. The van der Waals surface area contributed by atoms with Gasteiger partial charge in [0.25, 0.3) is 5.91 Å². The van der Waals surface area contributed by atoms with Crippen LogP contribution in [0, 0.1) is 0 Å². The fraction of sp³-hybridized carbons (Fsp3) is 0.125. The minimum absolute atomic E-state index is 0.0334. The Balaban J connectivity index is 1.60. The van der Waals surface area contributed by atoms with Crippen LogP contribution in [0.1, 0.15) is 17.3 Å². The topological polar surface area (TPSA) is 90.5 Å². The predicted molar refractivity (Wildman–Crippen MR) is 123 cm³/mol. The zero-order chi connectivity index (χ0) is 22.2. The van der Waals surface area contributed by atoms with Crippen LogP contribution in [0.25, 0.3) is 0 Å². The van der Waals surface area contributed by atoms with Crippen LogP contribution in [-0.2, 0) is 9.59 Å². The minimum atomic E-state index is -0.258. The van der Waals surface area contributed by atoms with Crippen LogP contribution in [0.15, 0.2) is 78.9 Å². The van der Waals surface area contributed by atoms with Gasteiger partial charge in [-0.15, -0.1) is 0 Å². The van der Waals surface area contributed by atoms with Gasteiger partial charge in [0.2, 0.25) is 11.8 Å². The number of carbonyl (C=O) groups excluding carboxylic acids is 3. The minimum Gasteiger partial charge on any atom is -0.376 e. The van der Waals surface area contributed by atoms with Crippen LogP contribution in [0.2, 0.25) is 0 Å². The molecule has 0 atom stereocenters. The summed E-state index contributed by atoms with van der Waals surface area (Å²) in [6.07, 6.45) is 0. The smallest absolute Gasteiger partial charge is 0.258 e. The summed E-state index contributed by atoms with van der Waals surface area (Å²) in [5.41, 5.74) is 3.14. The van der Waals surface area contributed by atoms with Gasteiger partial charge in [0.1, 0.15) is 0 Å². The van der Waals surface area contributed by atoms with Gasteiger partial charge in [-0.2, -0.15) is 0 Å². The maximum atomic E-state index is 12.8. The first-order valence-corrected chi connectivity index (χ1v) is 9.77. The molecule has 0 unspecified atom stereocenters. The lowest BCUT2D eigenvalue weighted by Gasteiger charge is -2.17. The molecule has 0 saturated carbocycles. The molecule has 158 valence electrons. The Morgan fingerprint density at radius 2 is 1.42 bits per heavy atom. The Morgan fingerprint density at radius 1 is 0.774 bits per heavy atom. The van der Waals surface area contributed by atoms with Crippen molar-refractivity contribution in [3.63, 3.8) is 0 Å². The quantitative estimate of drug-likeness (QED) is 0.544. The first-order chi connectivity index (χ1) is 14.9. The maximum Gasteiger partial charge on any atom is 0.258 e. The van der Waals surface area contributed by atoms with Crippen LogP contribution in [0.5, 0.6) is 0 Å². The second kappa shape index (κ2) is 10.1. The number of nitrogens with one attached hydrogen (secondary N) is 3.